The van der Waals surface area contributed by atoms with E-state index in [2.05, 4.69) is 125 Å². The summed E-state index contributed by atoms with van der Waals surface area (Å²) in [5, 5.41) is 0. The van der Waals surface area contributed by atoms with Crippen LogP contribution in [0.25, 0.3) is 0 Å². The van der Waals surface area contributed by atoms with E-state index < -0.39 is 5.41 Å². The lowest BCUT2D eigenvalue weighted by molar-refractivity contribution is 0.162. The van der Waals surface area contributed by atoms with Crippen LogP contribution in [-0.4, -0.2) is 10.5 Å². The first-order valence-electron chi connectivity index (χ1n) is 11.3. The van der Waals surface area contributed by atoms with Crippen molar-refractivity contribution < 1.29 is 4.43 Å². The van der Waals surface area contributed by atoms with Crippen LogP contribution in [0.1, 0.15) is 50.6 Å². The van der Waals surface area contributed by atoms with E-state index in [1.54, 1.807) is 0 Å². The van der Waals surface area contributed by atoms with Crippen molar-refractivity contribution in [3.63, 3.8) is 0 Å². The molecule has 1 nitrogen and oxygen atoms in total. The molecule has 0 bridgehead atoms. The zero-order chi connectivity index (χ0) is 22.7. The van der Waals surface area contributed by atoms with Gasteiger partial charge in [-0.1, -0.05) is 97.1 Å². The first-order chi connectivity index (χ1) is 15.5. The highest BCUT2D eigenvalue weighted by atomic mass is 28.2. The molecule has 32 heavy (non-hydrogen) atoms. The monoisotopic (exact) mass is 436 g/mol. The van der Waals surface area contributed by atoms with Gasteiger partial charge >= 0.3 is 0 Å². The van der Waals surface area contributed by atoms with Crippen LogP contribution >= 0.6 is 0 Å². The molecule has 0 heterocycles. The summed E-state index contributed by atoms with van der Waals surface area (Å²) in [6, 6.07) is 35.1. The van der Waals surface area contributed by atoms with E-state index in [1.165, 1.54) is 44.5 Å². The molecule has 0 saturated heterocycles. The Morgan fingerprint density at radius 1 is 0.531 bits per heavy atom. The number of benzene rings is 4. The van der Waals surface area contributed by atoms with E-state index in [9.17, 15) is 0 Å². The molecule has 4 aromatic rings. The van der Waals surface area contributed by atoms with Crippen molar-refractivity contribution in [2.75, 3.05) is 0 Å². The molecule has 1 unspecified atom stereocenters. The second-order valence-electron chi connectivity index (χ2n) is 8.73. The van der Waals surface area contributed by atoms with Crippen molar-refractivity contribution in [2.24, 2.45) is 0 Å². The van der Waals surface area contributed by atoms with Crippen molar-refractivity contribution >= 4 is 10.5 Å². The minimum Gasteiger partial charge on any atom is -0.419 e. The molecule has 162 valence electrons. The summed E-state index contributed by atoms with van der Waals surface area (Å²) in [6.07, 6.45) is -0.140. The van der Waals surface area contributed by atoms with Crippen molar-refractivity contribution in [3.05, 3.63) is 142 Å². The lowest BCUT2D eigenvalue weighted by Crippen LogP contribution is -2.40. The van der Waals surface area contributed by atoms with Crippen molar-refractivity contribution in [1.82, 2.24) is 0 Å². The van der Waals surface area contributed by atoms with Gasteiger partial charge in [-0.25, -0.2) is 0 Å². The Morgan fingerprint density at radius 3 is 1.22 bits per heavy atom. The maximum Gasteiger partial charge on any atom is 0.146 e. The standard InChI is InChI=1S/C30H32OSi/c1-21-13-5-9-17-25(21)29(31-32)30(26-18-10-6-14-22(26)2,27-19-11-7-15-23(27)3)28-20-12-8-16-24(28)4/h5-20,29H,1-4,32H3. The SMILES string of the molecule is Cc1ccccc1C(O[SiH3])C(c1ccccc1C)(c1ccccc1C)c1ccccc1C. The molecule has 0 aliphatic heterocycles. The van der Waals surface area contributed by atoms with Gasteiger partial charge in [-0.3, -0.25) is 0 Å². The predicted molar refractivity (Wildman–Crippen MR) is 138 cm³/mol. The van der Waals surface area contributed by atoms with Gasteiger partial charge in [-0.05, 0) is 72.2 Å². The fraction of sp³-hybridized carbons (Fsp3) is 0.200. The largest absolute Gasteiger partial charge is 0.419 e. The lowest BCUT2D eigenvalue weighted by Gasteiger charge is -2.45. The van der Waals surface area contributed by atoms with E-state index in [1.807, 2.05) is 0 Å². The third-order valence-electron chi connectivity index (χ3n) is 6.81. The van der Waals surface area contributed by atoms with Gasteiger partial charge in [0.25, 0.3) is 0 Å². The summed E-state index contributed by atoms with van der Waals surface area (Å²) < 4.78 is 6.65. The third-order valence-corrected chi connectivity index (χ3v) is 7.28. The average molecular weight is 437 g/mol. The maximum absolute atomic E-state index is 6.65. The van der Waals surface area contributed by atoms with Gasteiger partial charge < -0.3 is 4.43 Å². The lowest BCUT2D eigenvalue weighted by atomic mass is 9.61. The zero-order valence-corrected chi connectivity index (χ0v) is 21.7. The Balaban J connectivity index is 2.24. The first kappa shape index (κ1) is 22.3. The molecular weight excluding hydrogens is 404 g/mol. The molecule has 0 spiro atoms. The minimum absolute atomic E-state index is 0.140. The summed E-state index contributed by atoms with van der Waals surface area (Å²) in [5.74, 6) is 0. The highest BCUT2D eigenvalue weighted by molar-refractivity contribution is 5.98. The van der Waals surface area contributed by atoms with E-state index >= 15 is 0 Å². The Kier molecular flexibility index (Phi) is 6.45. The average Bonchev–Trinajstić information content (AvgIpc) is 2.80. The zero-order valence-electron chi connectivity index (χ0n) is 19.7. The molecule has 0 fully saturated rings. The first-order valence-corrected chi connectivity index (χ1v) is 12.1. The van der Waals surface area contributed by atoms with Crippen LogP contribution in [0, 0.1) is 27.7 Å². The van der Waals surface area contributed by atoms with Gasteiger partial charge in [0.05, 0.1) is 11.5 Å². The fourth-order valence-corrected chi connectivity index (χ4v) is 5.93. The van der Waals surface area contributed by atoms with Crippen LogP contribution in [0.4, 0.5) is 0 Å². The van der Waals surface area contributed by atoms with Crippen molar-refractivity contribution in [1.29, 1.82) is 0 Å². The summed E-state index contributed by atoms with van der Waals surface area (Å²) in [6.45, 7) is 8.87. The van der Waals surface area contributed by atoms with Crippen LogP contribution in [0.5, 0.6) is 0 Å². The third kappa shape index (κ3) is 3.64. The molecule has 2 heteroatoms. The molecule has 0 amide bonds. The minimum atomic E-state index is -0.476. The van der Waals surface area contributed by atoms with E-state index in [4.69, 9.17) is 4.43 Å². The molecule has 4 rings (SSSR count). The number of aryl methyl sites for hydroxylation is 4. The molecular formula is C30H32OSi. The van der Waals surface area contributed by atoms with E-state index in [0.717, 1.165) is 0 Å². The van der Waals surface area contributed by atoms with Crippen LogP contribution in [0.2, 0.25) is 0 Å². The van der Waals surface area contributed by atoms with Crippen LogP contribution < -0.4 is 0 Å². The van der Waals surface area contributed by atoms with Crippen LogP contribution in [0.15, 0.2) is 97.1 Å². The highest BCUT2D eigenvalue weighted by Crippen LogP contribution is 2.53. The molecule has 0 aromatic heterocycles. The summed E-state index contributed by atoms with van der Waals surface area (Å²) in [5.41, 5.74) is 9.75. The number of hydrogen-bond acceptors (Lipinski definition) is 1. The van der Waals surface area contributed by atoms with Gasteiger partial charge in [-0.15, -0.1) is 0 Å². The molecule has 4 aromatic carbocycles. The normalized spacial score (nSPS) is 12.6. The Morgan fingerprint density at radius 2 is 0.875 bits per heavy atom. The summed E-state index contributed by atoms with van der Waals surface area (Å²) >= 11 is 0. The molecule has 0 aliphatic carbocycles. The van der Waals surface area contributed by atoms with Gasteiger partial charge in [-0.2, -0.15) is 0 Å². The molecule has 0 radical (unpaired) electrons. The fourth-order valence-electron chi connectivity index (χ4n) is 5.32. The number of hydrogen-bond donors (Lipinski definition) is 0. The molecule has 0 aliphatic rings. The Labute approximate surface area is 195 Å². The quantitative estimate of drug-likeness (QED) is 0.255. The molecule has 0 N–H and O–H groups in total. The second kappa shape index (κ2) is 9.28. The second-order valence-corrected chi connectivity index (χ2v) is 9.20. The van der Waals surface area contributed by atoms with Gasteiger partial charge in [0.2, 0.25) is 0 Å². The van der Waals surface area contributed by atoms with Crippen molar-refractivity contribution in [3.8, 4) is 0 Å². The topological polar surface area (TPSA) is 9.23 Å². The Hall–Kier alpha value is -2.94. The maximum atomic E-state index is 6.65. The van der Waals surface area contributed by atoms with Gasteiger partial charge in [0.1, 0.15) is 10.5 Å². The van der Waals surface area contributed by atoms with Gasteiger partial charge in [0.15, 0.2) is 0 Å². The summed E-state index contributed by atoms with van der Waals surface area (Å²) in [4.78, 5) is 0. The van der Waals surface area contributed by atoms with E-state index in [0.29, 0.717) is 10.5 Å². The number of rotatable bonds is 6. The van der Waals surface area contributed by atoms with Crippen LogP contribution in [0.3, 0.4) is 0 Å². The summed E-state index contributed by atoms with van der Waals surface area (Å²) in [7, 11) is 0.633. The molecule has 0 saturated carbocycles. The molecule has 1 atom stereocenters. The smallest absolute Gasteiger partial charge is 0.146 e. The Bertz CT molecular complexity index is 1120. The van der Waals surface area contributed by atoms with Crippen LogP contribution in [-0.2, 0) is 9.84 Å². The van der Waals surface area contributed by atoms with Crippen molar-refractivity contribution in [2.45, 2.75) is 39.2 Å². The van der Waals surface area contributed by atoms with E-state index in [-0.39, 0.29) is 6.10 Å². The van der Waals surface area contributed by atoms with Gasteiger partial charge in [0, 0.05) is 0 Å². The predicted octanol–water partition coefficient (Wildman–Crippen LogP) is 6.29. The highest BCUT2D eigenvalue weighted by Gasteiger charge is 2.47.